The van der Waals surface area contributed by atoms with Gasteiger partial charge in [0, 0.05) is 82.4 Å². The molecule has 3 fully saturated rings. The first kappa shape index (κ1) is 29.0. The predicted molar refractivity (Wildman–Crippen MR) is 164 cm³/mol. The van der Waals surface area contributed by atoms with Crippen LogP contribution in [0.4, 0.5) is 23.0 Å². The number of nitrogens with one attached hydrogen (secondary N) is 1. The molecule has 1 amide bonds. The molecule has 0 saturated carbocycles. The van der Waals surface area contributed by atoms with Gasteiger partial charge in [-0.05, 0) is 63.6 Å². The minimum Gasteiger partial charge on any atom is -0.371 e. The van der Waals surface area contributed by atoms with Gasteiger partial charge < -0.3 is 24.9 Å². The van der Waals surface area contributed by atoms with Gasteiger partial charge in [0.2, 0.25) is 5.91 Å². The molecule has 1 aromatic carbocycles. The maximum atomic E-state index is 12.1. The Balaban J connectivity index is 1.26. The molecule has 1 aromatic heterocycles. The standard InChI is InChI=1S/C31H44N8O2/c1-5-27-31(39-20-19-38(21-23(39)3)29(41)6-2)34-30(28(22-40)33-27)32-24-7-9-25(10-8-24)36-13-11-26(12-14-36)37-17-15-35(4)16-18-37/h6-10,22-23,26H,2,5,11-21H2,1,3-4H3,(H,32,34)/t23-/m0/s1. The molecule has 1 N–H and O–H groups in total. The van der Waals surface area contributed by atoms with Crippen molar-refractivity contribution in [1.29, 1.82) is 0 Å². The average molecular weight is 561 g/mol. The number of amides is 1. The van der Waals surface area contributed by atoms with Crippen LogP contribution in [0.5, 0.6) is 0 Å². The van der Waals surface area contributed by atoms with E-state index in [1.807, 2.05) is 24.0 Å². The number of piperazine rings is 2. The average Bonchev–Trinajstić information content (AvgIpc) is 3.01. The zero-order valence-corrected chi connectivity index (χ0v) is 24.8. The van der Waals surface area contributed by atoms with Gasteiger partial charge in [-0.1, -0.05) is 13.5 Å². The fourth-order valence-electron chi connectivity index (χ4n) is 6.29. The molecule has 5 rings (SSSR count). The molecular formula is C31H44N8O2. The molecule has 0 unspecified atom stereocenters. The van der Waals surface area contributed by atoms with Gasteiger partial charge in [-0.2, -0.15) is 0 Å². The third kappa shape index (κ3) is 6.54. The maximum Gasteiger partial charge on any atom is 0.246 e. The van der Waals surface area contributed by atoms with Crippen molar-refractivity contribution >= 4 is 35.2 Å². The summed E-state index contributed by atoms with van der Waals surface area (Å²) in [5.41, 5.74) is 3.16. The van der Waals surface area contributed by atoms with E-state index in [4.69, 9.17) is 4.98 Å². The minimum atomic E-state index is -0.0557. The molecule has 41 heavy (non-hydrogen) atoms. The predicted octanol–water partition coefficient (Wildman–Crippen LogP) is 3.03. The summed E-state index contributed by atoms with van der Waals surface area (Å²) in [5.74, 6) is 1.16. The fraction of sp³-hybridized carbons (Fsp3) is 0.548. The molecule has 10 heteroatoms. The first-order valence-electron chi connectivity index (χ1n) is 15.0. The lowest BCUT2D eigenvalue weighted by Gasteiger charge is -2.42. The fourth-order valence-corrected chi connectivity index (χ4v) is 6.29. The van der Waals surface area contributed by atoms with Crippen molar-refractivity contribution in [3.8, 4) is 0 Å². The summed E-state index contributed by atoms with van der Waals surface area (Å²) >= 11 is 0. The van der Waals surface area contributed by atoms with E-state index in [9.17, 15) is 9.59 Å². The zero-order chi connectivity index (χ0) is 28.9. The van der Waals surface area contributed by atoms with Crippen LogP contribution in [0.25, 0.3) is 0 Å². The zero-order valence-electron chi connectivity index (χ0n) is 24.8. The Kier molecular flexibility index (Phi) is 9.19. The van der Waals surface area contributed by atoms with E-state index in [-0.39, 0.29) is 11.9 Å². The molecule has 0 aliphatic carbocycles. The number of aldehydes is 1. The van der Waals surface area contributed by atoms with Crippen LogP contribution in [0.3, 0.4) is 0 Å². The highest BCUT2D eigenvalue weighted by atomic mass is 16.2. The van der Waals surface area contributed by atoms with Gasteiger partial charge in [-0.25, -0.2) is 9.97 Å². The van der Waals surface area contributed by atoms with Crippen LogP contribution in [0.15, 0.2) is 36.9 Å². The van der Waals surface area contributed by atoms with Crippen LogP contribution < -0.4 is 15.1 Å². The van der Waals surface area contributed by atoms with Crippen molar-refractivity contribution in [2.75, 3.05) is 81.1 Å². The van der Waals surface area contributed by atoms with Crippen LogP contribution >= 0.6 is 0 Å². The number of hydrogen-bond acceptors (Lipinski definition) is 9. The van der Waals surface area contributed by atoms with Gasteiger partial charge in [0.15, 0.2) is 17.9 Å². The van der Waals surface area contributed by atoms with E-state index >= 15 is 0 Å². The lowest BCUT2D eigenvalue weighted by molar-refractivity contribution is -0.126. The summed E-state index contributed by atoms with van der Waals surface area (Å²) in [6.07, 6.45) is 5.18. The normalized spacial score (nSPS) is 21.1. The molecule has 0 spiro atoms. The Hall–Kier alpha value is -3.50. The van der Waals surface area contributed by atoms with Crippen LogP contribution in [-0.2, 0) is 11.2 Å². The lowest BCUT2D eigenvalue weighted by atomic mass is 10.0. The molecule has 0 bridgehead atoms. The number of likely N-dealkylation sites (N-methyl/N-ethyl adjacent to an activating group) is 1. The minimum absolute atomic E-state index is 0.0557. The highest BCUT2D eigenvalue weighted by Crippen LogP contribution is 2.29. The maximum absolute atomic E-state index is 12.1. The second-order valence-electron chi connectivity index (χ2n) is 11.5. The van der Waals surface area contributed by atoms with Crippen molar-refractivity contribution in [3.05, 3.63) is 48.3 Å². The van der Waals surface area contributed by atoms with Crippen LogP contribution in [-0.4, -0.2) is 115 Å². The summed E-state index contributed by atoms with van der Waals surface area (Å²) in [6.45, 7) is 16.4. The number of carbonyl (C=O) groups excluding carboxylic acids is 2. The molecule has 220 valence electrons. The van der Waals surface area contributed by atoms with E-state index in [0.717, 1.165) is 36.6 Å². The lowest BCUT2D eigenvalue weighted by Crippen LogP contribution is -2.54. The summed E-state index contributed by atoms with van der Waals surface area (Å²) in [4.78, 5) is 45.3. The van der Waals surface area contributed by atoms with Gasteiger partial charge in [0.05, 0.1) is 5.69 Å². The van der Waals surface area contributed by atoms with E-state index in [2.05, 4.69) is 62.6 Å². The second-order valence-corrected chi connectivity index (χ2v) is 11.5. The summed E-state index contributed by atoms with van der Waals surface area (Å²) < 4.78 is 0. The number of aromatic nitrogens is 2. The summed E-state index contributed by atoms with van der Waals surface area (Å²) in [5, 5.41) is 3.35. The van der Waals surface area contributed by atoms with Crippen LogP contribution in [0, 0.1) is 0 Å². The Morgan fingerprint density at radius 3 is 2.34 bits per heavy atom. The topological polar surface area (TPSA) is 88.2 Å². The second kappa shape index (κ2) is 13.0. The molecule has 3 aliphatic heterocycles. The SMILES string of the molecule is C=CC(=O)N1CCN(c2nc(Nc3ccc(N4CCC(N5CCN(C)CC5)CC4)cc3)c(C=O)nc2CC)[C@@H](C)C1. The monoisotopic (exact) mass is 560 g/mol. The van der Waals surface area contributed by atoms with Gasteiger partial charge >= 0.3 is 0 Å². The van der Waals surface area contributed by atoms with Crippen LogP contribution in [0.1, 0.15) is 42.9 Å². The Morgan fingerprint density at radius 2 is 1.73 bits per heavy atom. The Bertz CT molecular complexity index is 1220. The Morgan fingerprint density at radius 1 is 1.02 bits per heavy atom. The number of anilines is 4. The number of nitrogens with zero attached hydrogens (tertiary/aromatic N) is 7. The number of hydrogen-bond donors (Lipinski definition) is 1. The van der Waals surface area contributed by atoms with E-state index in [0.29, 0.717) is 43.6 Å². The molecule has 0 radical (unpaired) electrons. The van der Waals surface area contributed by atoms with E-state index in [1.54, 1.807) is 0 Å². The molecule has 4 heterocycles. The number of rotatable bonds is 8. The summed E-state index contributed by atoms with van der Waals surface area (Å²) in [6, 6.07) is 9.13. The molecular weight excluding hydrogens is 516 g/mol. The van der Waals surface area contributed by atoms with Crippen molar-refractivity contribution in [2.45, 2.75) is 45.2 Å². The number of benzene rings is 1. The van der Waals surface area contributed by atoms with Gasteiger partial charge in [-0.3, -0.25) is 14.5 Å². The van der Waals surface area contributed by atoms with Crippen LogP contribution in [0.2, 0.25) is 0 Å². The largest absolute Gasteiger partial charge is 0.371 e. The third-order valence-corrected chi connectivity index (χ3v) is 8.82. The molecule has 3 aliphatic rings. The summed E-state index contributed by atoms with van der Waals surface area (Å²) in [7, 11) is 2.21. The highest BCUT2D eigenvalue weighted by Gasteiger charge is 2.30. The first-order chi connectivity index (χ1) is 19.9. The van der Waals surface area contributed by atoms with Crippen molar-refractivity contribution in [2.24, 2.45) is 0 Å². The number of piperidine rings is 1. The van der Waals surface area contributed by atoms with Crippen molar-refractivity contribution in [1.82, 2.24) is 24.7 Å². The first-order valence-corrected chi connectivity index (χ1v) is 15.0. The smallest absolute Gasteiger partial charge is 0.246 e. The molecule has 3 saturated heterocycles. The number of aryl methyl sites for hydroxylation is 1. The Labute approximate surface area is 244 Å². The van der Waals surface area contributed by atoms with E-state index < -0.39 is 0 Å². The van der Waals surface area contributed by atoms with Crippen molar-refractivity contribution < 1.29 is 9.59 Å². The molecule has 1 atom stereocenters. The van der Waals surface area contributed by atoms with Gasteiger partial charge in [0.1, 0.15) is 5.69 Å². The molecule has 10 nitrogen and oxygen atoms in total. The molecule has 2 aromatic rings. The number of carbonyl (C=O) groups is 2. The van der Waals surface area contributed by atoms with Gasteiger partial charge in [0.25, 0.3) is 0 Å². The van der Waals surface area contributed by atoms with Crippen molar-refractivity contribution in [3.63, 3.8) is 0 Å². The highest BCUT2D eigenvalue weighted by molar-refractivity contribution is 5.87. The third-order valence-electron chi connectivity index (χ3n) is 8.82. The quantitative estimate of drug-likeness (QED) is 0.387. The van der Waals surface area contributed by atoms with Gasteiger partial charge in [-0.15, -0.1) is 0 Å². The van der Waals surface area contributed by atoms with E-state index in [1.165, 1.54) is 50.8 Å².